The van der Waals surface area contributed by atoms with Gasteiger partial charge in [0.2, 0.25) is 5.95 Å². The van der Waals surface area contributed by atoms with E-state index in [-0.39, 0.29) is 18.1 Å². The summed E-state index contributed by atoms with van der Waals surface area (Å²) in [6, 6.07) is 11.5. The Morgan fingerprint density at radius 1 is 1.00 bits per heavy atom. The van der Waals surface area contributed by atoms with E-state index < -0.39 is 29.5 Å². The van der Waals surface area contributed by atoms with Gasteiger partial charge in [-0.2, -0.15) is 13.2 Å². The highest BCUT2D eigenvalue weighted by molar-refractivity contribution is 5.92. The molecule has 12 heteroatoms. The summed E-state index contributed by atoms with van der Waals surface area (Å²) in [5.41, 5.74) is 1.20. The van der Waals surface area contributed by atoms with Crippen LogP contribution in [0.5, 0.6) is 0 Å². The van der Waals surface area contributed by atoms with Crippen LogP contribution in [0.25, 0.3) is 11.1 Å². The van der Waals surface area contributed by atoms with Crippen LogP contribution < -0.4 is 15.5 Å². The van der Waals surface area contributed by atoms with E-state index in [0.29, 0.717) is 28.2 Å². The molecule has 2 aliphatic rings. The van der Waals surface area contributed by atoms with E-state index in [4.69, 9.17) is 4.74 Å². The predicted octanol–water partition coefficient (Wildman–Crippen LogP) is 6.35. The highest BCUT2D eigenvalue weighted by atomic mass is 19.4. The molecule has 1 saturated carbocycles. The number of carbonyl (C=O) groups is 2. The first-order chi connectivity index (χ1) is 21.6. The van der Waals surface area contributed by atoms with E-state index in [1.165, 1.54) is 18.9 Å². The van der Waals surface area contributed by atoms with Gasteiger partial charge in [-0.05, 0) is 87.9 Å². The van der Waals surface area contributed by atoms with Crippen molar-refractivity contribution in [3.63, 3.8) is 0 Å². The quantitative estimate of drug-likeness (QED) is 0.297. The van der Waals surface area contributed by atoms with Crippen LogP contribution in [0, 0.1) is 0 Å². The van der Waals surface area contributed by atoms with Crippen LogP contribution in [0.2, 0.25) is 0 Å². The number of nitrogens with one attached hydrogen (secondary N) is 2. The molecule has 2 fully saturated rings. The summed E-state index contributed by atoms with van der Waals surface area (Å²) in [6.07, 6.45) is -1.14. The average Bonchev–Trinajstić information content (AvgIpc) is 3.77. The SMILES string of the molecule is C[C@@H](NC(=O)c1ccnc(N2CCN(C3(C)CC3)CC2)n1)c1ccc(-c2cc(C(F)(F)F)ccc2CNC(=O)OC(C)(C)C)cc1. The van der Waals surface area contributed by atoms with Crippen LogP contribution in [-0.4, -0.2) is 64.2 Å². The van der Waals surface area contributed by atoms with E-state index in [1.807, 2.05) is 6.92 Å². The first kappa shape index (κ1) is 33.2. The molecule has 2 N–H and O–H groups in total. The minimum absolute atomic E-state index is 0.0212. The number of halogens is 3. The molecule has 0 spiro atoms. The maximum Gasteiger partial charge on any atom is 0.416 e. The van der Waals surface area contributed by atoms with Crippen molar-refractivity contribution in [3.8, 4) is 11.1 Å². The van der Waals surface area contributed by atoms with Crippen molar-refractivity contribution in [3.05, 3.63) is 77.1 Å². The number of hydrogen-bond acceptors (Lipinski definition) is 7. The Morgan fingerprint density at radius 2 is 1.67 bits per heavy atom. The van der Waals surface area contributed by atoms with Crippen molar-refractivity contribution in [1.82, 2.24) is 25.5 Å². The van der Waals surface area contributed by atoms with Crippen molar-refractivity contribution in [1.29, 1.82) is 0 Å². The fourth-order valence-corrected chi connectivity index (χ4v) is 5.53. The Morgan fingerprint density at radius 3 is 2.28 bits per heavy atom. The molecule has 1 saturated heterocycles. The number of amides is 2. The lowest BCUT2D eigenvalue weighted by Gasteiger charge is -2.38. The van der Waals surface area contributed by atoms with Crippen molar-refractivity contribution in [2.24, 2.45) is 0 Å². The van der Waals surface area contributed by atoms with E-state index in [0.717, 1.165) is 43.9 Å². The van der Waals surface area contributed by atoms with Crippen molar-refractivity contribution < 1.29 is 27.5 Å². The first-order valence-electron chi connectivity index (χ1n) is 15.5. The number of alkyl halides is 3. The molecule has 2 amide bonds. The third kappa shape index (κ3) is 8.14. The zero-order valence-electron chi connectivity index (χ0n) is 26.9. The van der Waals surface area contributed by atoms with Gasteiger partial charge in [0.25, 0.3) is 5.91 Å². The van der Waals surface area contributed by atoms with Crippen LogP contribution in [0.4, 0.5) is 23.9 Å². The summed E-state index contributed by atoms with van der Waals surface area (Å²) in [7, 11) is 0. The molecular formula is C34H41F3N6O3. The Bertz CT molecular complexity index is 1560. The third-order valence-electron chi connectivity index (χ3n) is 8.50. The van der Waals surface area contributed by atoms with Gasteiger partial charge in [-0.1, -0.05) is 30.3 Å². The van der Waals surface area contributed by atoms with Crippen LogP contribution in [0.1, 0.15) is 80.7 Å². The number of ether oxygens (including phenoxy) is 1. The monoisotopic (exact) mass is 638 g/mol. The van der Waals surface area contributed by atoms with Crippen LogP contribution >= 0.6 is 0 Å². The van der Waals surface area contributed by atoms with Crippen LogP contribution in [-0.2, 0) is 17.5 Å². The molecule has 3 aromatic rings. The maximum atomic E-state index is 13.6. The van der Waals surface area contributed by atoms with Gasteiger partial charge in [-0.25, -0.2) is 14.8 Å². The molecule has 9 nitrogen and oxygen atoms in total. The van der Waals surface area contributed by atoms with Gasteiger partial charge in [0.1, 0.15) is 11.3 Å². The smallest absolute Gasteiger partial charge is 0.416 e. The van der Waals surface area contributed by atoms with E-state index in [1.54, 1.807) is 57.3 Å². The van der Waals surface area contributed by atoms with Gasteiger partial charge >= 0.3 is 12.3 Å². The topological polar surface area (TPSA) is 99.7 Å². The van der Waals surface area contributed by atoms with Gasteiger partial charge in [0.05, 0.1) is 11.6 Å². The number of anilines is 1. The van der Waals surface area contributed by atoms with E-state index >= 15 is 0 Å². The molecule has 1 atom stereocenters. The van der Waals surface area contributed by atoms with E-state index in [9.17, 15) is 22.8 Å². The van der Waals surface area contributed by atoms with E-state index in [2.05, 4.69) is 37.3 Å². The van der Waals surface area contributed by atoms with Gasteiger partial charge in [0.15, 0.2) is 0 Å². The zero-order valence-corrected chi connectivity index (χ0v) is 26.9. The second-order valence-corrected chi connectivity index (χ2v) is 13.3. The molecule has 5 rings (SSSR count). The predicted molar refractivity (Wildman–Crippen MR) is 169 cm³/mol. The average molecular weight is 639 g/mol. The number of carbonyl (C=O) groups excluding carboxylic acids is 2. The summed E-state index contributed by atoms with van der Waals surface area (Å²) in [6.45, 7) is 12.8. The Labute approximate surface area is 267 Å². The largest absolute Gasteiger partial charge is 0.444 e. The number of benzene rings is 2. The summed E-state index contributed by atoms with van der Waals surface area (Å²) >= 11 is 0. The number of hydrogen-bond donors (Lipinski definition) is 2. The van der Waals surface area contributed by atoms with Crippen molar-refractivity contribution >= 4 is 17.9 Å². The lowest BCUT2D eigenvalue weighted by Crippen LogP contribution is -2.51. The molecule has 1 aromatic heterocycles. The molecular weight excluding hydrogens is 597 g/mol. The first-order valence-corrected chi connectivity index (χ1v) is 15.5. The number of aromatic nitrogens is 2. The molecule has 0 bridgehead atoms. The molecule has 2 aromatic carbocycles. The standard InChI is InChI=1S/C34H41F3N6O3/c1-22(40-29(44)28-12-15-38-30(41-28)42-16-18-43(19-17-42)33(5)13-14-33)23-6-8-24(9-7-23)27-20-26(34(35,36)37)11-10-25(27)21-39-31(45)46-32(2,3)4/h6-12,15,20,22H,13-14,16-19,21H2,1-5H3,(H,39,45)(H,40,44)/t22-/m1/s1. The third-order valence-corrected chi connectivity index (χ3v) is 8.50. The maximum absolute atomic E-state index is 13.6. The van der Waals surface area contributed by atoms with Gasteiger partial charge < -0.3 is 20.3 Å². The van der Waals surface area contributed by atoms with Crippen molar-refractivity contribution in [2.45, 2.75) is 77.4 Å². The lowest BCUT2D eigenvalue weighted by molar-refractivity contribution is -0.137. The molecule has 0 unspecified atom stereocenters. The summed E-state index contributed by atoms with van der Waals surface area (Å²) < 4.78 is 46.0. The second-order valence-electron chi connectivity index (χ2n) is 13.3. The second kappa shape index (κ2) is 12.9. The van der Waals surface area contributed by atoms with Gasteiger partial charge in [-0.3, -0.25) is 9.69 Å². The summed E-state index contributed by atoms with van der Waals surface area (Å²) in [5, 5.41) is 5.58. The molecule has 2 heterocycles. The lowest BCUT2D eigenvalue weighted by atomic mass is 9.95. The minimum Gasteiger partial charge on any atom is -0.444 e. The summed E-state index contributed by atoms with van der Waals surface area (Å²) in [5.74, 6) is 0.182. The zero-order chi connectivity index (χ0) is 33.3. The van der Waals surface area contributed by atoms with Crippen LogP contribution in [0.15, 0.2) is 54.7 Å². The molecule has 1 aliphatic carbocycles. The normalized spacial score (nSPS) is 17.3. The molecule has 246 valence electrons. The number of nitrogens with zero attached hydrogens (tertiary/aromatic N) is 4. The molecule has 46 heavy (non-hydrogen) atoms. The number of alkyl carbamates (subject to hydrolysis) is 1. The van der Waals surface area contributed by atoms with Gasteiger partial charge in [-0.15, -0.1) is 0 Å². The Hall–Kier alpha value is -4.19. The molecule has 1 aliphatic heterocycles. The Balaban J connectivity index is 1.25. The van der Waals surface area contributed by atoms with Crippen molar-refractivity contribution in [2.75, 3.05) is 31.1 Å². The summed E-state index contributed by atoms with van der Waals surface area (Å²) in [4.78, 5) is 38.9. The fraction of sp³-hybridized carbons (Fsp3) is 0.471. The Kier molecular flexibility index (Phi) is 9.30. The van der Waals surface area contributed by atoms with Gasteiger partial charge in [0, 0.05) is 44.5 Å². The highest BCUT2D eigenvalue weighted by Gasteiger charge is 2.44. The number of rotatable bonds is 8. The number of piperazine rings is 1. The molecule has 0 radical (unpaired) electrons. The fourth-order valence-electron chi connectivity index (χ4n) is 5.53. The highest BCUT2D eigenvalue weighted by Crippen LogP contribution is 2.41. The van der Waals surface area contributed by atoms with Crippen LogP contribution in [0.3, 0.4) is 0 Å². The minimum atomic E-state index is -4.53.